The fourth-order valence-electron chi connectivity index (χ4n) is 1.75. The molecule has 2 nitrogen and oxygen atoms in total. The van der Waals surface area contributed by atoms with Gasteiger partial charge < -0.3 is 10.6 Å². The van der Waals surface area contributed by atoms with Crippen LogP contribution < -0.4 is 10.6 Å². The minimum Gasteiger partial charge on any atom is -0.370 e. The number of nitrogens with one attached hydrogen (secondary N) is 2. The number of hydrogen-bond acceptors (Lipinski definition) is 2. The molecule has 2 N–H and O–H groups in total. The van der Waals surface area contributed by atoms with Crippen LogP contribution in [0.1, 0.15) is 27.6 Å². The van der Waals surface area contributed by atoms with Crippen molar-refractivity contribution in [3.05, 3.63) is 11.4 Å². The van der Waals surface area contributed by atoms with Crippen molar-refractivity contribution in [2.75, 3.05) is 6.67 Å². The summed E-state index contributed by atoms with van der Waals surface area (Å²) in [4.78, 5) is 0. The van der Waals surface area contributed by atoms with Gasteiger partial charge in [-0.2, -0.15) is 0 Å². The van der Waals surface area contributed by atoms with Crippen LogP contribution in [-0.4, -0.2) is 6.67 Å². The van der Waals surface area contributed by atoms with Gasteiger partial charge >= 0.3 is 0 Å². The van der Waals surface area contributed by atoms with Crippen LogP contribution in [0.3, 0.4) is 0 Å². The van der Waals surface area contributed by atoms with Gasteiger partial charge in [-0.1, -0.05) is 6.92 Å². The van der Waals surface area contributed by atoms with Gasteiger partial charge in [-0.25, -0.2) is 0 Å². The molecule has 0 amide bonds. The van der Waals surface area contributed by atoms with Gasteiger partial charge in [0.2, 0.25) is 0 Å². The first-order chi connectivity index (χ1) is 4.86. The van der Waals surface area contributed by atoms with E-state index in [0.29, 0.717) is 0 Å². The first kappa shape index (κ1) is 6.08. The van der Waals surface area contributed by atoms with Crippen LogP contribution in [0.2, 0.25) is 0 Å². The van der Waals surface area contributed by atoms with Gasteiger partial charge in [-0.15, -0.1) is 0 Å². The average Bonchev–Trinajstić information content (AvgIpc) is 2.33. The Kier molecular flexibility index (Phi) is 1.33. The zero-order chi connectivity index (χ0) is 6.97. The Labute approximate surface area is 63.2 Å². The van der Waals surface area contributed by atoms with Gasteiger partial charge in [0.1, 0.15) is 0 Å². The van der Waals surface area contributed by atoms with Crippen molar-refractivity contribution < 1.29 is 1.43 Å². The highest BCUT2D eigenvalue weighted by molar-refractivity contribution is 5.18. The van der Waals surface area contributed by atoms with E-state index in [2.05, 4.69) is 17.6 Å². The Morgan fingerprint density at radius 3 is 3.10 bits per heavy atom. The topological polar surface area (TPSA) is 24.1 Å². The van der Waals surface area contributed by atoms with Crippen molar-refractivity contribution in [3.63, 3.8) is 0 Å². The lowest BCUT2D eigenvalue weighted by Crippen LogP contribution is -2.14. The molecule has 2 aliphatic rings. The van der Waals surface area contributed by atoms with Crippen LogP contribution in [-0.2, 0) is 0 Å². The standard InChI is InChI=1S/C8H14N2.H2/c1-6-2-3-7-8(4-6)10-5-9-7;/h6,9-10H,2-5H2,1H3;1H. The summed E-state index contributed by atoms with van der Waals surface area (Å²) in [7, 11) is 0. The molecule has 0 aromatic heterocycles. The summed E-state index contributed by atoms with van der Waals surface area (Å²) in [5, 5.41) is 6.71. The highest BCUT2D eigenvalue weighted by Gasteiger charge is 2.20. The van der Waals surface area contributed by atoms with Crippen LogP contribution in [0.25, 0.3) is 0 Å². The van der Waals surface area contributed by atoms with E-state index in [0.717, 1.165) is 12.6 Å². The van der Waals surface area contributed by atoms with Crippen molar-refractivity contribution in [1.29, 1.82) is 0 Å². The highest BCUT2D eigenvalue weighted by Crippen LogP contribution is 2.27. The Hall–Kier alpha value is -0.660. The molecular formula is C8H16N2. The zero-order valence-corrected chi connectivity index (χ0v) is 6.41. The lowest BCUT2D eigenvalue weighted by molar-refractivity contribution is 0.488. The molecular weight excluding hydrogens is 124 g/mol. The number of hydrogen-bond donors (Lipinski definition) is 2. The number of rotatable bonds is 0. The van der Waals surface area contributed by atoms with Crippen LogP contribution in [0.4, 0.5) is 0 Å². The molecule has 0 saturated carbocycles. The van der Waals surface area contributed by atoms with Gasteiger partial charge in [-0.05, 0) is 25.2 Å². The minimum atomic E-state index is 0. The summed E-state index contributed by atoms with van der Waals surface area (Å²) in [5.41, 5.74) is 2.94. The van der Waals surface area contributed by atoms with Gasteiger partial charge in [0.15, 0.2) is 0 Å². The second-order valence-corrected chi connectivity index (χ2v) is 3.34. The Morgan fingerprint density at radius 1 is 1.40 bits per heavy atom. The summed E-state index contributed by atoms with van der Waals surface area (Å²) in [5.74, 6) is 0.881. The van der Waals surface area contributed by atoms with E-state index in [9.17, 15) is 0 Å². The molecule has 0 spiro atoms. The summed E-state index contributed by atoms with van der Waals surface area (Å²) >= 11 is 0. The van der Waals surface area contributed by atoms with Crippen molar-refractivity contribution in [2.45, 2.75) is 26.2 Å². The molecule has 1 atom stereocenters. The van der Waals surface area contributed by atoms with E-state index < -0.39 is 0 Å². The fourth-order valence-corrected chi connectivity index (χ4v) is 1.75. The van der Waals surface area contributed by atoms with E-state index in [1.807, 2.05) is 0 Å². The SMILES string of the molecule is CC1CCC2=C(C1)NCN2.[HH]. The maximum Gasteiger partial charge on any atom is 0.0845 e. The van der Waals surface area contributed by atoms with E-state index >= 15 is 0 Å². The van der Waals surface area contributed by atoms with Gasteiger partial charge in [-0.3, -0.25) is 0 Å². The average molecular weight is 140 g/mol. The molecule has 10 heavy (non-hydrogen) atoms. The third-order valence-corrected chi connectivity index (χ3v) is 2.41. The van der Waals surface area contributed by atoms with E-state index in [1.165, 1.54) is 30.7 Å². The lowest BCUT2D eigenvalue weighted by Gasteiger charge is -2.18. The van der Waals surface area contributed by atoms with Crippen molar-refractivity contribution >= 4 is 0 Å². The summed E-state index contributed by atoms with van der Waals surface area (Å²) in [6.07, 6.45) is 3.86. The third kappa shape index (κ3) is 0.877. The lowest BCUT2D eigenvalue weighted by atomic mass is 9.92. The molecule has 2 heteroatoms. The van der Waals surface area contributed by atoms with E-state index in [1.54, 1.807) is 0 Å². The molecule has 1 unspecified atom stereocenters. The molecule has 0 fully saturated rings. The molecule has 1 aliphatic carbocycles. The Balaban J connectivity index is 0.000000605. The molecule has 2 rings (SSSR count). The molecule has 0 radical (unpaired) electrons. The zero-order valence-electron chi connectivity index (χ0n) is 6.41. The molecule has 0 aromatic rings. The summed E-state index contributed by atoms with van der Waals surface area (Å²) < 4.78 is 0. The van der Waals surface area contributed by atoms with Crippen molar-refractivity contribution in [3.8, 4) is 0 Å². The molecule has 0 bridgehead atoms. The normalized spacial score (nSPS) is 31.1. The smallest absolute Gasteiger partial charge is 0.0845 e. The third-order valence-electron chi connectivity index (χ3n) is 2.41. The second-order valence-electron chi connectivity index (χ2n) is 3.34. The summed E-state index contributed by atoms with van der Waals surface area (Å²) in [6, 6.07) is 0. The quantitative estimate of drug-likeness (QED) is 0.531. The molecule has 1 heterocycles. The van der Waals surface area contributed by atoms with Crippen LogP contribution in [0.15, 0.2) is 11.4 Å². The van der Waals surface area contributed by atoms with Crippen LogP contribution >= 0.6 is 0 Å². The number of allylic oxidation sites excluding steroid dienone is 2. The monoisotopic (exact) mass is 140 g/mol. The largest absolute Gasteiger partial charge is 0.370 e. The maximum absolute atomic E-state index is 3.36. The van der Waals surface area contributed by atoms with Gasteiger partial charge in [0.05, 0.1) is 6.67 Å². The van der Waals surface area contributed by atoms with Gasteiger partial charge in [0, 0.05) is 12.8 Å². The minimum absolute atomic E-state index is 0. The maximum atomic E-state index is 3.36. The molecule has 0 aromatic carbocycles. The Morgan fingerprint density at radius 2 is 2.20 bits per heavy atom. The van der Waals surface area contributed by atoms with E-state index in [-0.39, 0.29) is 1.43 Å². The molecule has 58 valence electrons. The predicted molar refractivity (Wildman–Crippen MR) is 43.3 cm³/mol. The van der Waals surface area contributed by atoms with E-state index in [4.69, 9.17) is 0 Å². The predicted octanol–water partition coefficient (Wildman–Crippen LogP) is 1.41. The highest BCUT2D eigenvalue weighted by atomic mass is 15.1. The van der Waals surface area contributed by atoms with Gasteiger partial charge in [0.25, 0.3) is 0 Å². The van der Waals surface area contributed by atoms with Crippen molar-refractivity contribution in [2.24, 2.45) is 5.92 Å². The van der Waals surface area contributed by atoms with Crippen LogP contribution in [0, 0.1) is 5.92 Å². The fraction of sp³-hybridized carbons (Fsp3) is 0.750. The molecule has 1 aliphatic heterocycles. The van der Waals surface area contributed by atoms with Crippen molar-refractivity contribution in [1.82, 2.24) is 10.6 Å². The molecule has 0 saturated heterocycles. The first-order valence-electron chi connectivity index (χ1n) is 4.06. The Bertz CT molecular complexity index is 177. The van der Waals surface area contributed by atoms with Crippen LogP contribution in [0.5, 0.6) is 0 Å². The first-order valence-corrected chi connectivity index (χ1v) is 4.06. The summed E-state index contributed by atoms with van der Waals surface area (Å²) in [6.45, 7) is 3.28. The second kappa shape index (κ2) is 2.19.